The van der Waals surface area contributed by atoms with Crippen molar-refractivity contribution in [1.82, 2.24) is 4.90 Å². The average Bonchev–Trinajstić information content (AvgIpc) is 2.46. The van der Waals surface area contributed by atoms with Crippen LogP contribution in [0, 0.1) is 0 Å². The van der Waals surface area contributed by atoms with E-state index in [9.17, 15) is 0 Å². The quantitative estimate of drug-likeness (QED) is 0.676. The van der Waals surface area contributed by atoms with Crippen LogP contribution in [0.3, 0.4) is 0 Å². The van der Waals surface area contributed by atoms with Crippen LogP contribution in [0.25, 0.3) is 0 Å². The Morgan fingerprint density at radius 2 is 2.21 bits per heavy atom. The molecule has 1 fully saturated rings. The Morgan fingerprint density at radius 3 is 2.84 bits per heavy atom. The Hall–Kier alpha value is -1.27. The van der Waals surface area contributed by atoms with Gasteiger partial charge < -0.3 is 20.1 Å². The number of hydrogen-bond acceptors (Lipinski definition) is 3. The van der Waals surface area contributed by atoms with Crippen LogP contribution in [-0.2, 0) is 11.3 Å². The van der Waals surface area contributed by atoms with Gasteiger partial charge in [0.1, 0.15) is 5.75 Å². The summed E-state index contributed by atoms with van der Waals surface area (Å²) in [6.45, 7) is 3.60. The smallest absolute Gasteiger partial charge is 0.191 e. The Morgan fingerprint density at radius 1 is 1.47 bits per heavy atom. The first-order valence-electron chi connectivity index (χ1n) is 6.15. The lowest BCUT2D eigenvalue weighted by Crippen LogP contribution is -2.44. The highest BCUT2D eigenvalue weighted by molar-refractivity contribution is 9.10. The predicted octanol–water partition coefficient (Wildman–Crippen LogP) is 1.60. The highest BCUT2D eigenvalue weighted by Gasteiger charge is 2.11. The number of ether oxygens (including phenoxy) is 2. The lowest BCUT2D eigenvalue weighted by Gasteiger charge is -2.27. The first-order valence-corrected chi connectivity index (χ1v) is 6.95. The maximum atomic E-state index is 5.97. The van der Waals surface area contributed by atoms with E-state index in [1.165, 1.54) is 0 Å². The van der Waals surface area contributed by atoms with Gasteiger partial charge in [0.25, 0.3) is 0 Å². The molecule has 5 nitrogen and oxygen atoms in total. The van der Waals surface area contributed by atoms with Crippen LogP contribution >= 0.6 is 15.9 Å². The fourth-order valence-corrected chi connectivity index (χ4v) is 2.46. The van der Waals surface area contributed by atoms with E-state index in [1.807, 2.05) is 23.1 Å². The minimum absolute atomic E-state index is 0.561. The summed E-state index contributed by atoms with van der Waals surface area (Å²) >= 11 is 3.46. The first-order chi connectivity index (χ1) is 9.20. The average molecular weight is 328 g/mol. The molecule has 0 radical (unpaired) electrons. The van der Waals surface area contributed by atoms with Gasteiger partial charge in [-0.2, -0.15) is 0 Å². The number of aliphatic imine (C=N–C) groups is 1. The van der Waals surface area contributed by atoms with E-state index < -0.39 is 0 Å². The predicted molar refractivity (Wildman–Crippen MR) is 78.4 cm³/mol. The van der Waals surface area contributed by atoms with Crippen LogP contribution in [0.5, 0.6) is 5.75 Å². The zero-order valence-electron chi connectivity index (χ0n) is 10.9. The number of benzene rings is 1. The Labute approximate surface area is 121 Å². The largest absolute Gasteiger partial charge is 0.496 e. The molecule has 1 aromatic carbocycles. The summed E-state index contributed by atoms with van der Waals surface area (Å²) in [4.78, 5) is 6.46. The number of guanidine groups is 1. The molecule has 0 aliphatic carbocycles. The summed E-state index contributed by atoms with van der Waals surface area (Å²) in [5, 5.41) is 0. The number of morpholine rings is 1. The molecule has 0 unspecified atom stereocenters. The molecule has 0 spiro atoms. The molecule has 19 heavy (non-hydrogen) atoms. The van der Waals surface area contributed by atoms with Gasteiger partial charge in [-0.05, 0) is 33.6 Å². The standard InChI is InChI=1S/C13H18BrN3O2/c1-18-12-3-2-10(8-11(12)14)9-16-13(15)17-4-6-19-7-5-17/h2-3,8H,4-7,9H2,1H3,(H2,15,16). The van der Waals surface area contributed by atoms with Crippen LogP contribution in [0.2, 0.25) is 0 Å². The minimum atomic E-state index is 0.561. The zero-order valence-corrected chi connectivity index (χ0v) is 12.5. The molecule has 1 heterocycles. The number of hydrogen-bond donors (Lipinski definition) is 1. The lowest BCUT2D eigenvalue weighted by atomic mass is 10.2. The van der Waals surface area contributed by atoms with E-state index in [0.717, 1.165) is 28.9 Å². The molecular formula is C13H18BrN3O2. The van der Waals surface area contributed by atoms with Crippen molar-refractivity contribution in [2.75, 3.05) is 33.4 Å². The summed E-state index contributed by atoms with van der Waals surface area (Å²) in [5.41, 5.74) is 7.06. The summed E-state index contributed by atoms with van der Waals surface area (Å²) in [6.07, 6.45) is 0. The topological polar surface area (TPSA) is 60.1 Å². The van der Waals surface area contributed by atoms with Gasteiger partial charge in [0.15, 0.2) is 5.96 Å². The summed E-state index contributed by atoms with van der Waals surface area (Å²) in [6, 6.07) is 5.90. The van der Waals surface area contributed by atoms with Crippen molar-refractivity contribution in [3.63, 3.8) is 0 Å². The molecule has 2 N–H and O–H groups in total. The van der Waals surface area contributed by atoms with Crippen molar-refractivity contribution in [3.05, 3.63) is 28.2 Å². The molecule has 1 aliphatic heterocycles. The third kappa shape index (κ3) is 3.84. The van der Waals surface area contributed by atoms with Crippen LogP contribution in [0.15, 0.2) is 27.7 Å². The normalized spacial score (nSPS) is 16.5. The molecule has 0 saturated carbocycles. The molecule has 0 atom stereocenters. The van der Waals surface area contributed by atoms with Crippen molar-refractivity contribution >= 4 is 21.9 Å². The first kappa shape index (κ1) is 14.1. The van der Waals surface area contributed by atoms with Crippen molar-refractivity contribution < 1.29 is 9.47 Å². The SMILES string of the molecule is COc1ccc(CN=C(N)N2CCOCC2)cc1Br. The number of methoxy groups -OCH3 is 1. The molecule has 1 saturated heterocycles. The van der Waals surface area contributed by atoms with Crippen molar-refractivity contribution in [3.8, 4) is 5.75 Å². The lowest BCUT2D eigenvalue weighted by molar-refractivity contribution is 0.0674. The molecule has 6 heteroatoms. The van der Waals surface area contributed by atoms with E-state index >= 15 is 0 Å². The molecule has 0 bridgehead atoms. The number of rotatable bonds is 3. The van der Waals surface area contributed by atoms with E-state index in [2.05, 4.69) is 20.9 Å². The Bertz CT molecular complexity index is 459. The molecule has 0 aromatic heterocycles. The van der Waals surface area contributed by atoms with E-state index in [4.69, 9.17) is 15.2 Å². The monoisotopic (exact) mass is 327 g/mol. The fraction of sp³-hybridized carbons (Fsp3) is 0.462. The maximum absolute atomic E-state index is 5.97. The van der Waals surface area contributed by atoms with Gasteiger partial charge in [0.2, 0.25) is 0 Å². The third-order valence-corrected chi connectivity index (χ3v) is 3.59. The van der Waals surface area contributed by atoms with Gasteiger partial charge in [-0.15, -0.1) is 0 Å². The van der Waals surface area contributed by atoms with Crippen LogP contribution < -0.4 is 10.5 Å². The van der Waals surface area contributed by atoms with Gasteiger partial charge in [-0.3, -0.25) is 0 Å². The molecule has 2 rings (SSSR count). The molecule has 1 aliphatic rings. The Balaban J connectivity index is 1.98. The number of nitrogens with two attached hydrogens (primary N) is 1. The second-order valence-electron chi connectivity index (χ2n) is 4.24. The van der Waals surface area contributed by atoms with Gasteiger partial charge in [-0.25, -0.2) is 4.99 Å². The maximum Gasteiger partial charge on any atom is 0.191 e. The summed E-state index contributed by atoms with van der Waals surface area (Å²) in [5.74, 6) is 1.39. The van der Waals surface area contributed by atoms with Gasteiger partial charge in [-0.1, -0.05) is 6.07 Å². The third-order valence-electron chi connectivity index (χ3n) is 2.97. The van der Waals surface area contributed by atoms with E-state index in [-0.39, 0.29) is 0 Å². The highest BCUT2D eigenvalue weighted by Crippen LogP contribution is 2.25. The second kappa shape index (κ2) is 6.77. The van der Waals surface area contributed by atoms with Crippen LogP contribution in [0.4, 0.5) is 0 Å². The van der Waals surface area contributed by atoms with Crippen molar-refractivity contribution in [1.29, 1.82) is 0 Å². The second-order valence-corrected chi connectivity index (χ2v) is 5.10. The number of nitrogens with zero attached hydrogens (tertiary/aromatic N) is 2. The molecule has 1 aromatic rings. The zero-order chi connectivity index (χ0) is 13.7. The Kier molecular flexibility index (Phi) is 5.04. The van der Waals surface area contributed by atoms with E-state index in [1.54, 1.807) is 7.11 Å². The van der Waals surface area contributed by atoms with Crippen molar-refractivity contribution in [2.24, 2.45) is 10.7 Å². The molecule has 0 amide bonds. The molecule has 104 valence electrons. The van der Waals surface area contributed by atoms with Crippen LogP contribution in [0.1, 0.15) is 5.56 Å². The summed E-state index contributed by atoms with van der Waals surface area (Å²) < 4.78 is 11.4. The molecular weight excluding hydrogens is 310 g/mol. The van der Waals surface area contributed by atoms with Crippen LogP contribution in [-0.4, -0.2) is 44.3 Å². The highest BCUT2D eigenvalue weighted by atomic mass is 79.9. The minimum Gasteiger partial charge on any atom is -0.496 e. The van der Waals surface area contributed by atoms with E-state index in [0.29, 0.717) is 25.7 Å². The van der Waals surface area contributed by atoms with Crippen molar-refractivity contribution in [2.45, 2.75) is 6.54 Å². The van der Waals surface area contributed by atoms with Gasteiger partial charge in [0.05, 0.1) is 31.3 Å². The van der Waals surface area contributed by atoms with Gasteiger partial charge in [0, 0.05) is 13.1 Å². The fourth-order valence-electron chi connectivity index (χ4n) is 1.87. The van der Waals surface area contributed by atoms with Gasteiger partial charge >= 0.3 is 0 Å². The number of halogens is 1. The summed E-state index contributed by atoms with van der Waals surface area (Å²) in [7, 11) is 1.65.